The van der Waals surface area contributed by atoms with Gasteiger partial charge in [0.2, 0.25) is 5.91 Å². The molecule has 29 heavy (non-hydrogen) atoms. The Morgan fingerprint density at radius 3 is 2.69 bits per heavy atom. The number of anilines is 1. The lowest BCUT2D eigenvalue weighted by Gasteiger charge is -2.21. The maximum atomic E-state index is 12.5. The highest BCUT2D eigenvalue weighted by Crippen LogP contribution is 2.33. The molecule has 7 nitrogen and oxygen atoms in total. The molecule has 3 rings (SSSR count). The first kappa shape index (κ1) is 21.1. The average molecular weight is 432 g/mol. The molecule has 3 aromatic rings. The maximum Gasteiger partial charge on any atom is 0.270 e. The molecule has 0 bridgehead atoms. The van der Waals surface area contributed by atoms with Crippen LogP contribution in [0.25, 0.3) is 10.2 Å². The molecule has 0 unspecified atom stereocenters. The quantitative estimate of drug-likeness (QED) is 0.326. The maximum absolute atomic E-state index is 12.5. The Morgan fingerprint density at radius 2 is 2.03 bits per heavy atom. The number of thiazole rings is 1. The van der Waals surface area contributed by atoms with Gasteiger partial charge < -0.3 is 10.1 Å². The Hall–Kier alpha value is -2.65. The molecule has 0 spiro atoms. The van der Waals surface area contributed by atoms with Gasteiger partial charge in [-0.15, -0.1) is 11.3 Å². The monoisotopic (exact) mass is 431 g/mol. The predicted octanol–water partition coefficient (Wildman–Crippen LogP) is 5.24. The van der Waals surface area contributed by atoms with Gasteiger partial charge in [0.15, 0.2) is 4.34 Å². The third kappa shape index (κ3) is 5.04. The molecule has 1 heterocycles. The molecule has 0 fully saturated rings. The van der Waals surface area contributed by atoms with Gasteiger partial charge in [-0.2, -0.15) is 0 Å². The predicted molar refractivity (Wildman–Crippen MR) is 117 cm³/mol. The zero-order chi connectivity index (χ0) is 21.2. The summed E-state index contributed by atoms with van der Waals surface area (Å²) in [6.45, 7) is 6.31. The molecule has 1 N–H and O–H groups in total. The number of ether oxygens (including phenoxy) is 1. The zero-order valence-electron chi connectivity index (χ0n) is 16.5. The van der Waals surface area contributed by atoms with Crippen LogP contribution in [0.3, 0.4) is 0 Å². The Morgan fingerprint density at radius 1 is 1.28 bits per heavy atom. The minimum absolute atomic E-state index is 0.0290. The molecule has 0 radical (unpaired) electrons. The Balaban J connectivity index is 1.70. The van der Waals surface area contributed by atoms with Crippen molar-refractivity contribution in [2.75, 3.05) is 18.2 Å². The van der Waals surface area contributed by atoms with Crippen molar-refractivity contribution >= 4 is 50.6 Å². The van der Waals surface area contributed by atoms with Crippen molar-refractivity contribution in [3.05, 3.63) is 52.1 Å². The number of thioether (sulfide) groups is 1. The fraction of sp³-hybridized carbons (Fsp3) is 0.300. The van der Waals surface area contributed by atoms with Crippen LogP contribution in [-0.4, -0.2) is 28.7 Å². The summed E-state index contributed by atoms with van der Waals surface area (Å²) in [7, 11) is 1.57. The van der Waals surface area contributed by atoms with E-state index in [-0.39, 0.29) is 22.8 Å². The molecule has 0 aliphatic rings. The SMILES string of the molecule is COc1ccc(C(C)(C)C)cc1NC(=O)CSc1nc2ccc([N+](=O)[O-])cc2s1. The van der Waals surface area contributed by atoms with E-state index in [0.717, 1.165) is 10.3 Å². The molecular weight excluding hydrogens is 410 g/mol. The van der Waals surface area contributed by atoms with Crippen molar-refractivity contribution in [3.63, 3.8) is 0 Å². The van der Waals surface area contributed by atoms with E-state index in [1.54, 1.807) is 13.2 Å². The number of nitrogens with one attached hydrogen (secondary N) is 1. The van der Waals surface area contributed by atoms with Crippen molar-refractivity contribution in [1.82, 2.24) is 4.98 Å². The average Bonchev–Trinajstić information content (AvgIpc) is 3.07. The van der Waals surface area contributed by atoms with Crippen LogP contribution in [0.15, 0.2) is 40.7 Å². The summed E-state index contributed by atoms with van der Waals surface area (Å²) in [5.41, 5.74) is 2.38. The zero-order valence-corrected chi connectivity index (χ0v) is 18.1. The van der Waals surface area contributed by atoms with E-state index < -0.39 is 4.92 Å². The van der Waals surface area contributed by atoms with Crippen molar-refractivity contribution < 1.29 is 14.5 Å². The number of methoxy groups -OCH3 is 1. The van der Waals surface area contributed by atoms with Crippen LogP contribution in [0.1, 0.15) is 26.3 Å². The lowest BCUT2D eigenvalue weighted by atomic mass is 9.87. The summed E-state index contributed by atoms with van der Waals surface area (Å²) in [5.74, 6) is 0.596. The smallest absolute Gasteiger partial charge is 0.270 e. The number of carbonyl (C=O) groups is 1. The lowest BCUT2D eigenvalue weighted by Crippen LogP contribution is -2.16. The molecule has 0 aliphatic heterocycles. The van der Waals surface area contributed by atoms with Gasteiger partial charge in [-0.3, -0.25) is 14.9 Å². The topological polar surface area (TPSA) is 94.4 Å². The van der Waals surface area contributed by atoms with Crippen LogP contribution in [0.4, 0.5) is 11.4 Å². The van der Waals surface area contributed by atoms with Crippen LogP contribution in [0, 0.1) is 10.1 Å². The Bertz CT molecular complexity index is 1070. The number of nitrogens with zero attached hydrogens (tertiary/aromatic N) is 2. The van der Waals surface area contributed by atoms with Crippen LogP contribution in [0.2, 0.25) is 0 Å². The Labute approximate surface area is 176 Å². The second-order valence-corrected chi connectivity index (χ2v) is 9.64. The third-order valence-corrected chi connectivity index (χ3v) is 6.39. The van der Waals surface area contributed by atoms with E-state index in [0.29, 0.717) is 21.3 Å². The lowest BCUT2D eigenvalue weighted by molar-refractivity contribution is -0.384. The molecule has 1 amide bonds. The van der Waals surface area contributed by atoms with Gasteiger partial charge in [0.1, 0.15) is 5.75 Å². The van der Waals surface area contributed by atoms with E-state index in [1.165, 1.54) is 35.2 Å². The fourth-order valence-electron chi connectivity index (χ4n) is 2.65. The number of carbonyl (C=O) groups excluding carboxylic acids is 1. The third-order valence-electron chi connectivity index (χ3n) is 4.23. The van der Waals surface area contributed by atoms with Gasteiger partial charge in [-0.25, -0.2) is 4.98 Å². The van der Waals surface area contributed by atoms with E-state index in [2.05, 4.69) is 31.1 Å². The minimum atomic E-state index is -0.432. The number of rotatable bonds is 6. The van der Waals surface area contributed by atoms with Crippen LogP contribution in [0.5, 0.6) is 5.75 Å². The highest BCUT2D eigenvalue weighted by atomic mass is 32.2. The second kappa shape index (κ2) is 8.38. The second-order valence-electron chi connectivity index (χ2n) is 7.39. The van der Waals surface area contributed by atoms with Gasteiger partial charge in [0.25, 0.3) is 5.69 Å². The van der Waals surface area contributed by atoms with Gasteiger partial charge in [0.05, 0.1) is 33.7 Å². The number of hydrogen-bond donors (Lipinski definition) is 1. The minimum Gasteiger partial charge on any atom is -0.495 e. The van der Waals surface area contributed by atoms with Gasteiger partial charge >= 0.3 is 0 Å². The molecule has 0 saturated carbocycles. The summed E-state index contributed by atoms with van der Waals surface area (Å²) >= 11 is 2.63. The van der Waals surface area contributed by atoms with E-state index in [9.17, 15) is 14.9 Å². The number of fused-ring (bicyclic) bond motifs is 1. The van der Waals surface area contributed by atoms with Crippen LogP contribution >= 0.6 is 23.1 Å². The van der Waals surface area contributed by atoms with Crippen molar-refractivity contribution in [2.45, 2.75) is 30.5 Å². The summed E-state index contributed by atoms with van der Waals surface area (Å²) in [6.07, 6.45) is 0. The number of benzene rings is 2. The largest absolute Gasteiger partial charge is 0.495 e. The first-order chi connectivity index (χ1) is 13.7. The first-order valence-corrected chi connectivity index (χ1v) is 10.6. The molecule has 0 saturated heterocycles. The summed E-state index contributed by atoms with van der Waals surface area (Å²) in [5, 5.41) is 13.8. The van der Waals surface area contributed by atoms with Crippen molar-refractivity contribution in [2.24, 2.45) is 0 Å². The van der Waals surface area contributed by atoms with E-state index >= 15 is 0 Å². The number of nitro benzene ring substituents is 1. The number of hydrogen-bond acceptors (Lipinski definition) is 7. The van der Waals surface area contributed by atoms with E-state index in [4.69, 9.17) is 4.74 Å². The normalized spacial score (nSPS) is 11.4. The van der Waals surface area contributed by atoms with Gasteiger partial charge in [0, 0.05) is 12.1 Å². The standard InChI is InChI=1S/C20H21N3O4S2/c1-20(2,3)12-5-8-16(27-4)15(9-12)21-18(24)11-28-19-22-14-7-6-13(23(25)26)10-17(14)29-19/h5-10H,11H2,1-4H3,(H,21,24). The van der Waals surface area contributed by atoms with Crippen molar-refractivity contribution in [1.29, 1.82) is 0 Å². The number of amides is 1. The first-order valence-electron chi connectivity index (χ1n) is 8.83. The van der Waals surface area contributed by atoms with Crippen LogP contribution < -0.4 is 10.1 Å². The molecule has 152 valence electrons. The highest BCUT2D eigenvalue weighted by molar-refractivity contribution is 8.01. The van der Waals surface area contributed by atoms with E-state index in [1.807, 2.05) is 18.2 Å². The molecule has 1 aromatic heterocycles. The Kier molecular flexibility index (Phi) is 6.09. The molecule has 9 heteroatoms. The molecular formula is C20H21N3O4S2. The molecule has 0 aliphatic carbocycles. The fourth-order valence-corrected chi connectivity index (χ4v) is 4.55. The molecule has 2 aromatic carbocycles. The van der Waals surface area contributed by atoms with Gasteiger partial charge in [-0.1, -0.05) is 38.6 Å². The number of nitro groups is 1. The number of aromatic nitrogens is 1. The highest BCUT2D eigenvalue weighted by Gasteiger charge is 2.17. The molecule has 0 atom stereocenters. The summed E-state index contributed by atoms with van der Waals surface area (Å²) < 4.78 is 6.77. The summed E-state index contributed by atoms with van der Waals surface area (Å²) in [6, 6.07) is 10.3. The number of non-ortho nitro benzene ring substituents is 1. The summed E-state index contributed by atoms with van der Waals surface area (Å²) in [4.78, 5) is 27.4. The van der Waals surface area contributed by atoms with Gasteiger partial charge in [-0.05, 0) is 29.2 Å². The van der Waals surface area contributed by atoms with Crippen molar-refractivity contribution in [3.8, 4) is 5.75 Å². The van der Waals surface area contributed by atoms with Crippen LogP contribution in [-0.2, 0) is 10.2 Å².